The van der Waals surface area contributed by atoms with Gasteiger partial charge in [-0.3, -0.25) is 4.99 Å². The Morgan fingerprint density at radius 2 is 1.89 bits per heavy atom. The van der Waals surface area contributed by atoms with E-state index >= 15 is 0 Å². The summed E-state index contributed by atoms with van der Waals surface area (Å²) >= 11 is 0. The van der Waals surface area contributed by atoms with Crippen LogP contribution >= 0.6 is 0 Å². The first kappa shape index (κ1) is 6.79. The summed E-state index contributed by atoms with van der Waals surface area (Å²) in [6.07, 6.45) is 1.90. The molecule has 0 aromatic carbocycles. The largest absolute Gasteiger partial charge is 0.298 e. The highest BCUT2D eigenvalue weighted by Crippen LogP contribution is 2.45. The predicted molar refractivity (Wildman–Crippen MR) is 40.9 cm³/mol. The second-order valence-corrected chi connectivity index (χ2v) is 3.01. The highest BCUT2D eigenvalue weighted by atomic mass is 14.7. The van der Waals surface area contributed by atoms with Crippen LogP contribution in [0, 0.1) is 17.8 Å². The molecule has 0 radical (unpaired) electrons. The van der Waals surface area contributed by atoms with Gasteiger partial charge in [0.2, 0.25) is 0 Å². The van der Waals surface area contributed by atoms with Crippen LogP contribution < -0.4 is 0 Å². The zero-order chi connectivity index (χ0) is 6.85. The third-order valence-corrected chi connectivity index (χ3v) is 2.54. The molecule has 0 heterocycles. The molecule has 9 heavy (non-hydrogen) atoms. The molecule has 1 fully saturated rings. The summed E-state index contributed by atoms with van der Waals surface area (Å²) in [6, 6.07) is 0. The van der Waals surface area contributed by atoms with Crippen molar-refractivity contribution < 1.29 is 0 Å². The standard InChI is InChI=1S/C8H15N/c1-4-9-5-8-6(2)7(8)3/h4,6-8H,5H2,1-3H3/t6-,7?,8?/m1/s1. The Kier molecular flexibility index (Phi) is 1.89. The Balaban J connectivity index is 2.17. The minimum atomic E-state index is 0.890. The van der Waals surface area contributed by atoms with Gasteiger partial charge in [-0.05, 0) is 30.9 Å². The molecule has 2 unspecified atom stereocenters. The molecule has 0 aromatic rings. The first-order chi connectivity index (χ1) is 4.27. The van der Waals surface area contributed by atoms with Crippen molar-refractivity contribution in [3.63, 3.8) is 0 Å². The predicted octanol–water partition coefficient (Wildman–Crippen LogP) is 1.98. The third-order valence-electron chi connectivity index (χ3n) is 2.54. The van der Waals surface area contributed by atoms with Crippen molar-refractivity contribution in [2.45, 2.75) is 20.8 Å². The molecular weight excluding hydrogens is 110 g/mol. The maximum atomic E-state index is 4.21. The van der Waals surface area contributed by atoms with Crippen molar-refractivity contribution in [2.24, 2.45) is 22.7 Å². The SMILES string of the molecule is CC=NCC1C(C)[C@H]1C. The van der Waals surface area contributed by atoms with E-state index in [1.54, 1.807) is 0 Å². The molecule has 0 bridgehead atoms. The fraction of sp³-hybridized carbons (Fsp3) is 0.875. The fourth-order valence-electron chi connectivity index (χ4n) is 1.33. The van der Waals surface area contributed by atoms with Gasteiger partial charge in [0.05, 0.1) is 0 Å². The Hall–Kier alpha value is -0.330. The molecular formula is C8H15N. The van der Waals surface area contributed by atoms with Crippen LogP contribution in [-0.4, -0.2) is 12.8 Å². The van der Waals surface area contributed by atoms with E-state index in [0.29, 0.717) is 0 Å². The molecule has 0 amide bonds. The molecule has 0 N–H and O–H groups in total. The number of rotatable bonds is 2. The van der Waals surface area contributed by atoms with Gasteiger partial charge in [0, 0.05) is 6.54 Å². The molecule has 52 valence electrons. The van der Waals surface area contributed by atoms with Gasteiger partial charge in [-0.15, -0.1) is 0 Å². The van der Waals surface area contributed by atoms with Gasteiger partial charge in [-0.25, -0.2) is 0 Å². The average Bonchev–Trinajstić information content (AvgIpc) is 2.39. The molecule has 0 saturated heterocycles. The van der Waals surface area contributed by atoms with Crippen LogP contribution in [0.4, 0.5) is 0 Å². The molecule has 1 aliphatic carbocycles. The quantitative estimate of drug-likeness (QED) is 0.500. The van der Waals surface area contributed by atoms with Crippen molar-refractivity contribution >= 4 is 6.21 Å². The van der Waals surface area contributed by atoms with Gasteiger partial charge < -0.3 is 0 Å². The Labute approximate surface area is 57.2 Å². The highest BCUT2D eigenvalue weighted by Gasteiger charge is 2.41. The summed E-state index contributed by atoms with van der Waals surface area (Å²) in [5.41, 5.74) is 0. The van der Waals surface area contributed by atoms with E-state index in [-0.39, 0.29) is 0 Å². The maximum Gasteiger partial charge on any atom is 0.0418 e. The summed E-state index contributed by atoms with van der Waals surface area (Å²) in [7, 11) is 0. The molecule has 1 rings (SSSR count). The molecule has 0 aliphatic heterocycles. The Morgan fingerprint density at radius 1 is 1.33 bits per heavy atom. The second-order valence-electron chi connectivity index (χ2n) is 3.01. The van der Waals surface area contributed by atoms with Crippen LogP contribution in [0.2, 0.25) is 0 Å². The number of aliphatic imine (C=N–C) groups is 1. The van der Waals surface area contributed by atoms with Crippen molar-refractivity contribution in [2.75, 3.05) is 6.54 Å². The van der Waals surface area contributed by atoms with Crippen LogP contribution in [0.15, 0.2) is 4.99 Å². The molecule has 0 spiro atoms. The molecule has 0 aromatic heterocycles. The van der Waals surface area contributed by atoms with E-state index in [9.17, 15) is 0 Å². The molecule has 1 saturated carbocycles. The third kappa shape index (κ3) is 1.32. The van der Waals surface area contributed by atoms with Crippen LogP contribution in [0.1, 0.15) is 20.8 Å². The molecule has 1 aliphatic rings. The second kappa shape index (κ2) is 2.51. The lowest BCUT2D eigenvalue weighted by Gasteiger charge is -1.85. The topological polar surface area (TPSA) is 12.4 Å². The van der Waals surface area contributed by atoms with E-state index < -0.39 is 0 Å². The summed E-state index contributed by atoms with van der Waals surface area (Å²) < 4.78 is 0. The van der Waals surface area contributed by atoms with Gasteiger partial charge in [0.1, 0.15) is 0 Å². The molecule has 3 atom stereocenters. The Bertz CT molecular complexity index is 110. The van der Waals surface area contributed by atoms with E-state index in [1.807, 2.05) is 13.1 Å². The minimum Gasteiger partial charge on any atom is -0.298 e. The average molecular weight is 125 g/mol. The van der Waals surface area contributed by atoms with Crippen LogP contribution in [0.3, 0.4) is 0 Å². The summed E-state index contributed by atoms with van der Waals surface area (Å²) in [6.45, 7) is 7.65. The maximum absolute atomic E-state index is 4.21. The van der Waals surface area contributed by atoms with Crippen LogP contribution in [0.5, 0.6) is 0 Å². The number of hydrogen-bond donors (Lipinski definition) is 0. The van der Waals surface area contributed by atoms with Gasteiger partial charge in [0.15, 0.2) is 0 Å². The van der Waals surface area contributed by atoms with Gasteiger partial charge >= 0.3 is 0 Å². The van der Waals surface area contributed by atoms with Crippen molar-refractivity contribution in [3.05, 3.63) is 0 Å². The lowest BCUT2D eigenvalue weighted by atomic mass is 10.3. The minimum absolute atomic E-state index is 0.890. The smallest absolute Gasteiger partial charge is 0.0418 e. The fourth-order valence-corrected chi connectivity index (χ4v) is 1.33. The van der Waals surface area contributed by atoms with E-state index in [2.05, 4.69) is 18.8 Å². The first-order valence-electron chi connectivity index (χ1n) is 3.71. The van der Waals surface area contributed by atoms with Crippen molar-refractivity contribution in [3.8, 4) is 0 Å². The zero-order valence-electron chi connectivity index (χ0n) is 6.46. The summed E-state index contributed by atoms with van der Waals surface area (Å²) in [5.74, 6) is 2.74. The zero-order valence-corrected chi connectivity index (χ0v) is 6.46. The summed E-state index contributed by atoms with van der Waals surface area (Å²) in [5, 5.41) is 0. The highest BCUT2D eigenvalue weighted by molar-refractivity contribution is 5.53. The van der Waals surface area contributed by atoms with Gasteiger partial charge in [0.25, 0.3) is 0 Å². The van der Waals surface area contributed by atoms with Crippen molar-refractivity contribution in [1.29, 1.82) is 0 Å². The summed E-state index contributed by atoms with van der Waals surface area (Å²) in [4.78, 5) is 4.21. The lowest BCUT2D eigenvalue weighted by Crippen LogP contribution is -1.85. The van der Waals surface area contributed by atoms with Gasteiger partial charge in [-0.2, -0.15) is 0 Å². The monoisotopic (exact) mass is 125 g/mol. The number of hydrogen-bond acceptors (Lipinski definition) is 1. The lowest BCUT2D eigenvalue weighted by molar-refractivity contribution is 0.750. The van der Waals surface area contributed by atoms with E-state index in [1.165, 1.54) is 0 Å². The van der Waals surface area contributed by atoms with Crippen LogP contribution in [0.25, 0.3) is 0 Å². The molecule has 1 heteroatoms. The van der Waals surface area contributed by atoms with E-state index in [0.717, 1.165) is 24.3 Å². The van der Waals surface area contributed by atoms with E-state index in [4.69, 9.17) is 0 Å². The first-order valence-corrected chi connectivity index (χ1v) is 3.71. The Morgan fingerprint density at radius 3 is 2.22 bits per heavy atom. The normalized spacial score (nSPS) is 41.9. The van der Waals surface area contributed by atoms with Crippen molar-refractivity contribution in [1.82, 2.24) is 0 Å². The van der Waals surface area contributed by atoms with Crippen LogP contribution in [-0.2, 0) is 0 Å². The number of nitrogens with zero attached hydrogens (tertiary/aromatic N) is 1. The molecule has 1 nitrogen and oxygen atoms in total. The van der Waals surface area contributed by atoms with Gasteiger partial charge in [-0.1, -0.05) is 13.8 Å².